The fraction of sp³-hybridized carbons (Fsp3) is 0.222. The van der Waals surface area contributed by atoms with E-state index in [1.807, 2.05) is 6.07 Å². The Morgan fingerprint density at radius 3 is 2.00 bits per heavy atom. The molecule has 0 atom stereocenters. The summed E-state index contributed by atoms with van der Waals surface area (Å²) in [5, 5.41) is 0. The Kier molecular flexibility index (Phi) is 11.3. The first-order valence-electron chi connectivity index (χ1n) is 7.59. The first-order chi connectivity index (χ1) is 12.2. The minimum absolute atomic E-state index is 0. The Balaban J connectivity index is 0.000000842. The topological polar surface area (TPSA) is 55.4 Å². The van der Waals surface area contributed by atoms with E-state index in [-0.39, 0.29) is 18.9 Å². The average molecular weight is 393 g/mol. The number of hydrogen-bond donors (Lipinski definition) is 1. The molecule has 0 amide bonds. The van der Waals surface area contributed by atoms with Crippen molar-refractivity contribution >= 4 is 10.9 Å². The third-order valence-corrected chi connectivity index (χ3v) is 3.65. The van der Waals surface area contributed by atoms with Crippen molar-refractivity contribution in [3.63, 3.8) is 0 Å². The Bertz CT molecular complexity index is 770. The zero-order chi connectivity index (χ0) is 19.7. The molecule has 0 radical (unpaired) electrons. The van der Waals surface area contributed by atoms with Gasteiger partial charge in [0, 0.05) is 0 Å². The van der Waals surface area contributed by atoms with Crippen molar-refractivity contribution in [2.24, 2.45) is 0 Å². The minimum Gasteiger partial charge on any atom is -0.470 e. The summed E-state index contributed by atoms with van der Waals surface area (Å²) in [4.78, 5) is 0. The van der Waals surface area contributed by atoms with Gasteiger partial charge in [-0.1, -0.05) is 6.92 Å². The van der Waals surface area contributed by atoms with Crippen LogP contribution in [0.1, 0.15) is 23.6 Å². The predicted octanol–water partition coefficient (Wildman–Crippen LogP) is 1.88. The quantitative estimate of drug-likeness (QED) is 0.480. The maximum absolute atomic E-state index is 12.4. The van der Waals surface area contributed by atoms with Crippen molar-refractivity contribution in [2.45, 2.75) is 19.5 Å². The molecule has 2 aromatic carbocycles. The van der Waals surface area contributed by atoms with Gasteiger partial charge in [0.15, 0.2) is 0 Å². The maximum Gasteiger partial charge on any atom is 1.00 e. The molecule has 9 heteroatoms. The van der Waals surface area contributed by atoms with Crippen molar-refractivity contribution in [3.05, 3.63) is 73.0 Å². The van der Waals surface area contributed by atoms with Crippen LogP contribution in [-0.4, -0.2) is 6.54 Å². The van der Waals surface area contributed by atoms with Crippen molar-refractivity contribution in [3.8, 4) is 11.5 Å². The largest absolute Gasteiger partial charge is 1.00 e. The number of hydrogen-bond acceptors (Lipinski definition) is 4. The summed E-state index contributed by atoms with van der Waals surface area (Å²) >= 11 is 0. The Hall–Kier alpha value is -1.59. The number of rotatable bonds is 5. The van der Waals surface area contributed by atoms with Crippen molar-refractivity contribution in [1.82, 2.24) is 4.72 Å². The summed E-state index contributed by atoms with van der Waals surface area (Å²) in [5.74, 6) is 0.881. The second-order valence-corrected chi connectivity index (χ2v) is 5.80. The molecule has 0 bridgehead atoms. The Morgan fingerprint density at radius 2 is 1.63 bits per heavy atom. The number of nitrogens with one attached hydrogen (secondary N) is 1. The number of halogens is 3. The average Bonchev–Trinajstić information content (AvgIpc) is 2.55. The molecule has 0 aliphatic rings. The van der Waals surface area contributed by atoms with E-state index in [9.17, 15) is 21.6 Å². The van der Waals surface area contributed by atoms with Crippen LogP contribution in [0.2, 0.25) is 0 Å². The van der Waals surface area contributed by atoms with Gasteiger partial charge in [-0.25, -0.2) is 6.42 Å². The van der Waals surface area contributed by atoms with Gasteiger partial charge in [0.2, 0.25) is 0 Å². The molecule has 1 N–H and O–H groups in total. The standard InChI is InChI=1S/C16H13F3O.C2H6NO2S.Li/c1-3-12-4-7-15(10-11(12)2)20-14-8-5-13(6-9-14)16(17,18)19;1-2-3-6(4)5;/h4-10H,1-3H2;2H2,1H3,(H,3,4,5);/q-2;-1;+1. The summed E-state index contributed by atoms with van der Waals surface area (Å²) in [6.07, 6.45) is -3.71. The summed E-state index contributed by atoms with van der Waals surface area (Å²) in [6, 6.07) is 9.89. The first-order valence-corrected chi connectivity index (χ1v) is 8.66. The Morgan fingerprint density at radius 1 is 1.07 bits per heavy atom. The molecule has 4 nitrogen and oxygen atoms in total. The molecular weight excluding hydrogens is 374 g/mol. The van der Waals surface area contributed by atoms with Crippen molar-refractivity contribution in [2.75, 3.05) is 6.54 Å². The van der Waals surface area contributed by atoms with Gasteiger partial charge in [-0.3, -0.25) is 0 Å². The van der Waals surface area contributed by atoms with Crippen LogP contribution in [0.4, 0.5) is 13.2 Å². The maximum atomic E-state index is 12.4. The van der Waals surface area contributed by atoms with Gasteiger partial charge < -0.3 is 24.8 Å². The van der Waals surface area contributed by atoms with Gasteiger partial charge in [-0.15, -0.1) is 12.1 Å². The molecule has 27 heavy (non-hydrogen) atoms. The molecule has 0 saturated heterocycles. The third kappa shape index (κ3) is 9.25. The molecule has 0 heterocycles. The molecule has 0 aromatic heterocycles. The molecule has 0 fully saturated rings. The van der Waals surface area contributed by atoms with Crippen LogP contribution in [0.25, 0.3) is 0 Å². The van der Waals surface area contributed by atoms with E-state index in [4.69, 9.17) is 4.74 Å². The minimum atomic E-state index is -4.34. The van der Waals surface area contributed by atoms with E-state index in [1.54, 1.807) is 19.1 Å². The van der Waals surface area contributed by atoms with Crippen LogP contribution in [0.5, 0.6) is 11.5 Å². The zero-order valence-corrected chi connectivity index (χ0v) is 16.0. The number of alkyl halides is 3. The number of benzene rings is 2. The van der Waals surface area contributed by atoms with E-state index >= 15 is 0 Å². The van der Waals surface area contributed by atoms with Crippen LogP contribution in [0, 0.1) is 13.8 Å². The van der Waals surface area contributed by atoms with E-state index in [0.29, 0.717) is 24.5 Å². The molecule has 0 aliphatic carbocycles. The Labute approximate surface area is 171 Å². The monoisotopic (exact) mass is 393 g/mol. The van der Waals surface area contributed by atoms with Crippen LogP contribution < -0.4 is 28.3 Å². The van der Waals surface area contributed by atoms with Crippen LogP contribution in [0.3, 0.4) is 0 Å². The van der Waals surface area contributed by atoms with Gasteiger partial charge in [-0.05, 0) is 47.8 Å². The van der Waals surface area contributed by atoms with E-state index in [0.717, 1.165) is 23.3 Å². The van der Waals surface area contributed by atoms with Gasteiger partial charge in [0.05, 0.1) is 11.3 Å². The third-order valence-electron chi connectivity index (χ3n) is 3.13. The van der Waals surface area contributed by atoms with Crippen LogP contribution in [-0.2, 0) is 31.9 Å². The number of ether oxygens (including phenoxy) is 1. The SMILES string of the molecule is CCN[S-](=O)=O.[CH2-]Cc1ccc(Oc2ccc(C(F)(F)F)cc2)cc1[CH2-].[Li+]. The smallest absolute Gasteiger partial charge is 0.470 e. The second kappa shape index (κ2) is 12.0. The van der Waals surface area contributed by atoms with Crippen molar-refractivity contribution < 1.29 is 45.2 Å². The van der Waals surface area contributed by atoms with Gasteiger partial charge >= 0.3 is 25.0 Å². The molecule has 2 aromatic rings. The summed E-state index contributed by atoms with van der Waals surface area (Å²) in [7, 11) is -2.07. The normalized spacial score (nSPS) is 10.6. The summed E-state index contributed by atoms with van der Waals surface area (Å²) in [5.41, 5.74) is 1.10. The molecule has 0 spiro atoms. The van der Waals surface area contributed by atoms with Gasteiger partial charge in [0.25, 0.3) is 0 Å². The van der Waals surface area contributed by atoms with Crippen molar-refractivity contribution in [1.29, 1.82) is 0 Å². The molecular formula is C18H19F3LiNO3S-2. The fourth-order valence-electron chi connectivity index (χ4n) is 1.88. The first kappa shape index (κ1) is 25.4. The molecule has 0 saturated carbocycles. The molecule has 2 rings (SSSR count). The zero-order valence-electron chi connectivity index (χ0n) is 15.1. The molecule has 0 aliphatic heterocycles. The van der Waals surface area contributed by atoms with Crippen LogP contribution in [0.15, 0.2) is 42.5 Å². The fourth-order valence-corrected chi connectivity index (χ4v) is 2.11. The summed E-state index contributed by atoms with van der Waals surface area (Å²) < 4.78 is 63.9. The predicted molar refractivity (Wildman–Crippen MR) is 93.9 cm³/mol. The van der Waals surface area contributed by atoms with Gasteiger partial charge in [0.1, 0.15) is 5.75 Å². The summed E-state index contributed by atoms with van der Waals surface area (Å²) in [6.45, 7) is 9.83. The van der Waals surface area contributed by atoms with E-state index in [2.05, 4.69) is 18.6 Å². The molecule has 144 valence electrons. The van der Waals surface area contributed by atoms with E-state index in [1.165, 1.54) is 12.1 Å². The van der Waals surface area contributed by atoms with E-state index < -0.39 is 22.6 Å². The molecule has 0 unspecified atom stereocenters. The van der Waals surface area contributed by atoms with Crippen LogP contribution >= 0.6 is 0 Å². The van der Waals surface area contributed by atoms with Gasteiger partial charge in [-0.2, -0.15) is 31.2 Å². The second-order valence-electron chi connectivity index (χ2n) is 5.04.